The van der Waals surface area contributed by atoms with E-state index in [1.807, 2.05) is 24.4 Å². The Labute approximate surface area is 157 Å². The summed E-state index contributed by atoms with van der Waals surface area (Å²) >= 11 is 3.15. The number of carbonyl (C=O) groups excluding carboxylic acids is 2. The predicted molar refractivity (Wildman–Crippen MR) is 101 cm³/mol. The van der Waals surface area contributed by atoms with Crippen LogP contribution in [0.5, 0.6) is 0 Å². The summed E-state index contributed by atoms with van der Waals surface area (Å²) in [6, 6.07) is 9.55. The van der Waals surface area contributed by atoms with Crippen LogP contribution in [0.3, 0.4) is 0 Å². The van der Waals surface area contributed by atoms with Crippen molar-refractivity contribution in [2.45, 2.75) is 13.5 Å². The van der Waals surface area contributed by atoms with Crippen molar-refractivity contribution in [3.63, 3.8) is 0 Å². The zero-order chi connectivity index (χ0) is 18.5. The highest BCUT2D eigenvalue weighted by atomic mass is 32.1. The van der Waals surface area contributed by atoms with Crippen LogP contribution in [0.15, 0.2) is 41.8 Å². The molecule has 0 saturated heterocycles. The third kappa shape index (κ3) is 4.53. The van der Waals surface area contributed by atoms with E-state index >= 15 is 0 Å². The lowest BCUT2D eigenvalue weighted by molar-refractivity contribution is -0.120. The fraction of sp³-hybridized carbons (Fsp3) is 0.167. The van der Waals surface area contributed by atoms with Crippen molar-refractivity contribution < 1.29 is 14.0 Å². The van der Waals surface area contributed by atoms with Gasteiger partial charge in [0.25, 0.3) is 5.91 Å². The molecule has 3 rings (SSSR count). The van der Waals surface area contributed by atoms with Crippen molar-refractivity contribution in [3.05, 3.63) is 63.0 Å². The lowest BCUT2D eigenvalue weighted by Crippen LogP contribution is -2.36. The highest BCUT2D eigenvalue weighted by Crippen LogP contribution is 2.28. The van der Waals surface area contributed by atoms with Crippen molar-refractivity contribution in [2.24, 2.45) is 0 Å². The lowest BCUT2D eigenvalue weighted by Gasteiger charge is -2.06. The Balaban J connectivity index is 1.48. The molecule has 0 aliphatic heterocycles. The fourth-order valence-electron chi connectivity index (χ4n) is 2.24. The molecule has 134 valence electrons. The number of nitrogens with one attached hydrogen (secondary N) is 2. The normalized spacial score (nSPS) is 10.5. The number of thiophene rings is 1. The molecular weight excluding hydrogens is 373 g/mol. The van der Waals surface area contributed by atoms with Crippen LogP contribution in [0.4, 0.5) is 4.39 Å². The Morgan fingerprint density at radius 1 is 1.15 bits per heavy atom. The first kappa shape index (κ1) is 18.2. The first-order chi connectivity index (χ1) is 12.5. The van der Waals surface area contributed by atoms with Crippen molar-refractivity contribution in [3.8, 4) is 10.6 Å². The van der Waals surface area contributed by atoms with Crippen LogP contribution < -0.4 is 10.6 Å². The summed E-state index contributed by atoms with van der Waals surface area (Å²) in [4.78, 5) is 30.2. The van der Waals surface area contributed by atoms with Crippen LogP contribution in [-0.2, 0) is 11.3 Å². The van der Waals surface area contributed by atoms with Crippen molar-refractivity contribution >= 4 is 34.5 Å². The molecule has 3 aromatic rings. The van der Waals surface area contributed by atoms with Crippen LogP contribution in [0, 0.1) is 12.7 Å². The Morgan fingerprint density at radius 2 is 1.96 bits per heavy atom. The number of hydrogen-bond acceptors (Lipinski definition) is 5. The smallest absolute Gasteiger partial charge is 0.254 e. The molecule has 2 amide bonds. The zero-order valence-corrected chi connectivity index (χ0v) is 15.5. The average Bonchev–Trinajstić information content (AvgIpc) is 3.27. The summed E-state index contributed by atoms with van der Waals surface area (Å²) in [6.07, 6.45) is 0. The van der Waals surface area contributed by atoms with Gasteiger partial charge in [0.15, 0.2) is 0 Å². The van der Waals surface area contributed by atoms with Gasteiger partial charge in [0.1, 0.15) is 5.82 Å². The molecule has 0 fully saturated rings. The van der Waals surface area contributed by atoms with Gasteiger partial charge >= 0.3 is 0 Å². The van der Waals surface area contributed by atoms with Crippen LogP contribution >= 0.6 is 22.7 Å². The van der Waals surface area contributed by atoms with Gasteiger partial charge in [-0.25, -0.2) is 9.37 Å². The first-order valence-corrected chi connectivity index (χ1v) is 9.53. The summed E-state index contributed by atoms with van der Waals surface area (Å²) in [7, 11) is 0. The number of nitrogens with zero attached hydrogens (tertiary/aromatic N) is 1. The first-order valence-electron chi connectivity index (χ1n) is 7.83. The van der Waals surface area contributed by atoms with Crippen molar-refractivity contribution in [1.29, 1.82) is 0 Å². The fourth-order valence-corrected chi connectivity index (χ4v) is 3.83. The minimum atomic E-state index is -0.617. The lowest BCUT2D eigenvalue weighted by atomic mass is 10.2. The zero-order valence-electron chi connectivity index (χ0n) is 13.9. The highest BCUT2D eigenvalue weighted by Gasteiger charge is 2.12. The van der Waals surface area contributed by atoms with E-state index < -0.39 is 11.7 Å². The van der Waals surface area contributed by atoms with E-state index in [-0.39, 0.29) is 18.0 Å². The van der Waals surface area contributed by atoms with Gasteiger partial charge in [0, 0.05) is 10.3 Å². The van der Waals surface area contributed by atoms with Gasteiger partial charge in [-0.3, -0.25) is 9.59 Å². The molecule has 2 heterocycles. The Bertz CT molecular complexity index is 936. The van der Waals surface area contributed by atoms with E-state index in [1.54, 1.807) is 28.7 Å². The number of benzene rings is 1. The van der Waals surface area contributed by atoms with Crippen LogP contribution in [0.1, 0.15) is 20.2 Å². The van der Waals surface area contributed by atoms with Crippen LogP contribution in [0.2, 0.25) is 0 Å². The van der Waals surface area contributed by atoms with Gasteiger partial charge in [-0.15, -0.1) is 22.7 Å². The van der Waals surface area contributed by atoms with Gasteiger partial charge in [0.05, 0.1) is 34.2 Å². The highest BCUT2D eigenvalue weighted by molar-refractivity contribution is 7.16. The summed E-state index contributed by atoms with van der Waals surface area (Å²) in [6.45, 7) is 2.11. The van der Waals surface area contributed by atoms with E-state index in [2.05, 4.69) is 15.6 Å². The monoisotopic (exact) mass is 389 g/mol. The minimum Gasteiger partial charge on any atom is -0.350 e. The van der Waals surface area contributed by atoms with Crippen LogP contribution in [0.25, 0.3) is 10.6 Å². The second-order valence-corrected chi connectivity index (χ2v) is 7.69. The third-order valence-electron chi connectivity index (χ3n) is 3.52. The Kier molecular flexibility index (Phi) is 5.75. The second kappa shape index (κ2) is 8.20. The van der Waals surface area contributed by atoms with E-state index in [4.69, 9.17) is 0 Å². The number of hydrogen-bond donors (Lipinski definition) is 2. The standard InChI is InChI=1S/C18H16FN3O2S2/c1-11-22-15(10-25-11)16-7-6-12(26-16)8-20-17(23)9-21-18(24)13-4-2-3-5-14(13)19/h2-7,10H,8-9H2,1H3,(H,20,23)(H,21,24). The second-order valence-electron chi connectivity index (χ2n) is 5.46. The minimum absolute atomic E-state index is 0.0817. The molecule has 0 unspecified atom stereocenters. The molecule has 8 heteroatoms. The number of rotatable bonds is 6. The average molecular weight is 389 g/mol. The van der Waals surface area contributed by atoms with Gasteiger partial charge in [-0.2, -0.15) is 0 Å². The molecule has 0 radical (unpaired) electrons. The molecule has 0 aliphatic carbocycles. The maximum Gasteiger partial charge on any atom is 0.254 e. The molecule has 0 atom stereocenters. The van der Waals surface area contributed by atoms with Crippen LogP contribution in [-0.4, -0.2) is 23.3 Å². The topological polar surface area (TPSA) is 71.1 Å². The molecule has 0 saturated carbocycles. The van der Waals surface area contributed by atoms with E-state index in [9.17, 15) is 14.0 Å². The van der Waals surface area contributed by atoms with E-state index in [1.165, 1.54) is 18.2 Å². The van der Waals surface area contributed by atoms with E-state index in [0.29, 0.717) is 6.54 Å². The Hall–Kier alpha value is -2.58. The number of aromatic nitrogens is 1. The summed E-state index contributed by atoms with van der Waals surface area (Å²) in [5, 5.41) is 8.16. The summed E-state index contributed by atoms with van der Waals surface area (Å²) in [5.41, 5.74) is 0.856. The molecule has 0 bridgehead atoms. The maximum atomic E-state index is 13.5. The van der Waals surface area contributed by atoms with Gasteiger partial charge in [-0.05, 0) is 31.2 Å². The summed E-state index contributed by atoms with van der Waals surface area (Å²) in [5.74, 6) is -1.57. The number of aryl methyl sites for hydroxylation is 1. The number of amides is 2. The van der Waals surface area contributed by atoms with Gasteiger partial charge in [-0.1, -0.05) is 12.1 Å². The summed E-state index contributed by atoms with van der Waals surface area (Å²) < 4.78 is 13.5. The third-order valence-corrected chi connectivity index (χ3v) is 5.40. The Morgan fingerprint density at radius 3 is 2.69 bits per heavy atom. The van der Waals surface area contributed by atoms with Gasteiger partial charge < -0.3 is 10.6 Å². The SMILES string of the molecule is Cc1nc(-c2ccc(CNC(=O)CNC(=O)c3ccccc3F)s2)cs1. The quantitative estimate of drug-likeness (QED) is 0.679. The molecule has 0 spiro atoms. The number of carbonyl (C=O) groups is 2. The predicted octanol–water partition coefficient (Wildman–Crippen LogP) is 3.37. The van der Waals surface area contributed by atoms with Crippen molar-refractivity contribution in [2.75, 3.05) is 6.54 Å². The molecular formula is C18H16FN3O2S2. The number of thiazole rings is 1. The molecule has 26 heavy (non-hydrogen) atoms. The van der Waals surface area contributed by atoms with E-state index in [0.717, 1.165) is 20.5 Å². The molecule has 0 aliphatic rings. The molecule has 1 aromatic carbocycles. The van der Waals surface area contributed by atoms with Crippen molar-refractivity contribution in [1.82, 2.24) is 15.6 Å². The molecule has 5 nitrogen and oxygen atoms in total. The maximum absolute atomic E-state index is 13.5. The molecule has 2 aromatic heterocycles. The largest absolute Gasteiger partial charge is 0.350 e. The van der Waals surface area contributed by atoms with Gasteiger partial charge in [0.2, 0.25) is 5.91 Å². The number of halogens is 1. The molecule has 2 N–H and O–H groups in total.